The van der Waals surface area contributed by atoms with Crippen molar-refractivity contribution < 1.29 is 22.4 Å². The normalized spacial score (nSPS) is 17.0. The number of carbonyl (C=O) groups is 2. The molecule has 2 heterocycles. The summed E-state index contributed by atoms with van der Waals surface area (Å²) < 4.78 is 40.7. The SMILES string of the molecule is CCC(=O)N1CCc2cc(C(=O)N3CCN(S(=O)(=O)c4ccccc4F)CC3)ccc21. The van der Waals surface area contributed by atoms with Crippen molar-refractivity contribution in [3.05, 3.63) is 59.4 Å². The van der Waals surface area contributed by atoms with Gasteiger partial charge >= 0.3 is 0 Å². The maximum atomic E-state index is 14.0. The Balaban J connectivity index is 1.45. The first-order valence-electron chi connectivity index (χ1n) is 10.3. The molecule has 0 radical (unpaired) electrons. The van der Waals surface area contributed by atoms with Gasteiger partial charge in [-0.1, -0.05) is 19.1 Å². The number of hydrogen-bond acceptors (Lipinski definition) is 4. The molecule has 7 nitrogen and oxygen atoms in total. The van der Waals surface area contributed by atoms with Crippen molar-refractivity contribution in [1.82, 2.24) is 9.21 Å². The fourth-order valence-corrected chi connectivity index (χ4v) is 5.58. The third kappa shape index (κ3) is 3.95. The monoisotopic (exact) mass is 445 g/mol. The fourth-order valence-electron chi connectivity index (χ4n) is 4.09. The van der Waals surface area contributed by atoms with E-state index in [4.69, 9.17) is 0 Å². The van der Waals surface area contributed by atoms with Gasteiger partial charge in [0, 0.05) is 50.4 Å². The van der Waals surface area contributed by atoms with E-state index in [2.05, 4.69) is 0 Å². The zero-order chi connectivity index (χ0) is 22.2. The van der Waals surface area contributed by atoms with Gasteiger partial charge in [-0.05, 0) is 42.3 Å². The van der Waals surface area contributed by atoms with Gasteiger partial charge in [-0.2, -0.15) is 4.31 Å². The van der Waals surface area contributed by atoms with E-state index in [1.165, 1.54) is 22.5 Å². The maximum Gasteiger partial charge on any atom is 0.253 e. The van der Waals surface area contributed by atoms with Crippen LogP contribution in [0.15, 0.2) is 47.4 Å². The molecule has 0 N–H and O–H groups in total. The Kier molecular flexibility index (Phi) is 5.81. The van der Waals surface area contributed by atoms with Crippen LogP contribution in [0.4, 0.5) is 10.1 Å². The number of benzene rings is 2. The van der Waals surface area contributed by atoms with Gasteiger partial charge in [0.1, 0.15) is 10.7 Å². The van der Waals surface area contributed by atoms with Crippen LogP contribution >= 0.6 is 0 Å². The minimum Gasteiger partial charge on any atom is -0.336 e. The lowest BCUT2D eigenvalue weighted by atomic mass is 10.1. The van der Waals surface area contributed by atoms with Gasteiger partial charge in [0.05, 0.1) is 0 Å². The number of anilines is 1. The van der Waals surface area contributed by atoms with E-state index in [9.17, 15) is 22.4 Å². The molecule has 2 aromatic carbocycles. The fraction of sp³-hybridized carbons (Fsp3) is 0.364. The molecule has 1 saturated heterocycles. The van der Waals surface area contributed by atoms with E-state index in [1.807, 2.05) is 19.1 Å². The van der Waals surface area contributed by atoms with Crippen LogP contribution in [0.3, 0.4) is 0 Å². The third-order valence-electron chi connectivity index (χ3n) is 5.81. The zero-order valence-corrected chi connectivity index (χ0v) is 18.1. The predicted octanol–water partition coefficient (Wildman–Crippen LogP) is 2.27. The molecular formula is C22H24FN3O4S. The molecule has 0 spiro atoms. The molecule has 2 aromatic rings. The van der Waals surface area contributed by atoms with Crippen LogP contribution in [0, 0.1) is 5.82 Å². The van der Waals surface area contributed by atoms with Crippen molar-refractivity contribution in [2.45, 2.75) is 24.7 Å². The lowest BCUT2D eigenvalue weighted by Crippen LogP contribution is -2.50. The molecule has 0 atom stereocenters. The van der Waals surface area contributed by atoms with E-state index in [0.717, 1.165) is 17.3 Å². The van der Waals surface area contributed by atoms with Gasteiger partial charge in [-0.25, -0.2) is 12.8 Å². The van der Waals surface area contributed by atoms with Crippen LogP contribution in [0.1, 0.15) is 29.3 Å². The Hall–Kier alpha value is -2.78. The lowest BCUT2D eigenvalue weighted by Gasteiger charge is -2.34. The number of halogens is 1. The largest absolute Gasteiger partial charge is 0.336 e. The van der Waals surface area contributed by atoms with Crippen LogP contribution in [0.5, 0.6) is 0 Å². The molecule has 0 aliphatic carbocycles. The second-order valence-electron chi connectivity index (χ2n) is 7.62. The molecular weight excluding hydrogens is 421 g/mol. The smallest absolute Gasteiger partial charge is 0.253 e. The van der Waals surface area contributed by atoms with Crippen LogP contribution < -0.4 is 4.90 Å². The summed E-state index contributed by atoms with van der Waals surface area (Å²) in [6.45, 7) is 3.10. The topological polar surface area (TPSA) is 78.0 Å². The highest BCUT2D eigenvalue weighted by Crippen LogP contribution is 2.30. The molecule has 1 fully saturated rings. The summed E-state index contributed by atoms with van der Waals surface area (Å²) in [5.74, 6) is -0.897. The van der Waals surface area contributed by atoms with E-state index in [1.54, 1.807) is 15.9 Å². The van der Waals surface area contributed by atoms with Gasteiger partial charge in [-0.15, -0.1) is 0 Å². The molecule has 0 aromatic heterocycles. The number of nitrogens with zero attached hydrogens (tertiary/aromatic N) is 3. The summed E-state index contributed by atoms with van der Waals surface area (Å²) in [5.41, 5.74) is 2.34. The van der Waals surface area contributed by atoms with Crippen molar-refractivity contribution >= 4 is 27.5 Å². The summed E-state index contributed by atoms with van der Waals surface area (Å²) in [5, 5.41) is 0. The Labute approximate surface area is 181 Å². The number of fused-ring (bicyclic) bond motifs is 1. The second-order valence-corrected chi connectivity index (χ2v) is 9.53. The summed E-state index contributed by atoms with van der Waals surface area (Å²) in [4.78, 5) is 28.0. The molecule has 31 heavy (non-hydrogen) atoms. The third-order valence-corrected chi connectivity index (χ3v) is 7.74. The molecule has 9 heteroatoms. The minimum absolute atomic E-state index is 0.0602. The molecule has 2 aliphatic rings. The lowest BCUT2D eigenvalue weighted by molar-refractivity contribution is -0.118. The highest BCUT2D eigenvalue weighted by molar-refractivity contribution is 7.89. The van der Waals surface area contributed by atoms with Crippen molar-refractivity contribution in [1.29, 1.82) is 0 Å². The molecule has 0 bridgehead atoms. The number of amides is 2. The first kappa shape index (κ1) is 21.5. The number of hydrogen-bond donors (Lipinski definition) is 0. The summed E-state index contributed by atoms with van der Waals surface area (Å²) in [6, 6.07) is 10.6. The molecule has 0 unspecified atom stereocenters. The van der Waals surface area contributed by atoms with Gasteiger partial charge in [0.2, 0.25) is 15.9 Å². The van der Waals surface area contributed by atoms with Crippen LogP contribution in [0.25, 0.3) is 0 Å². The molecule has 0 saturated carbocycles. The molecule has 164 valence electrons. The average Bonchev–Trinajstić information content (AvgIpc) is 3.21. The highest BCUT2D eigenvalue weighted by atomic mass is 32.2. The summed E-state index contributed by atoms with van der Waals surface area (Å²) in [7, 11) is -3.95. The van der Waals surface area contributed by atoms with E-state index in [0.29, 0.717) is 24.9 Å². The number of rotatable bonds is 4. The van der Waals surface area contributed by atoms with Crippen LogP contribution in [0.2, 0.25) is 0 Å². The van der Waals surface area contributed by atoms with Gasteiger partial charge < -0.3 is 9.80 Å². The minimum atomic E-state index is -3.95. The first-order valence-corrected chi connectivity index (χ1v) is 11.7. The quantitative estimate of drug-likeness (QED) is 0.723. The molecule has 2 amide bonds. The van der Waals surface area contributed by atoms with E-state index in [-0.39, 0.29) is 42.9 Å². The van der Waals surface area contributed by atoms with Crippen molar-refractivity contribution in [3.8, 4) is 0 Å². The predicted molar refractivity (Wildman–Crippen MR) is 114 cm³/mol. The van der Waals surface area contributed by atoms with Gasteiger partial charge in [0.25, 0.3) is 5.91 Å². The second kappa shape index (κ2) is 8.39. The summed E-state index contributed by atoms with van der Waals surface area (Å²) in [6.07, 6.45) is 1.14. The van der Waals surface area contributed by atoms with Crippen molar-refractivity contribution in [3.63, 3.8) is 0 Å². The number of carbonyl (C=O) groups excluding carboxylic acids is 2. The first-order chi connectivity index (χ1) is 14.8. The van der Waals surface area contributed by atoms with Gasteiger partial charge in [-0.3, -0.25) is 9.59 Å². The van der Waals surface area contributed by atoms with E-state index < -0.39 is 15.8 Å². The summed E-state index contributed by atoms with van der Waals surface area (Å²) >= 11 is 0. The Morgan fingerprint density at radius 1 is 1.00 bits per heavy atom. The van der Waals surface area contributed by atoms with Crippen molar-refractivity contribution in [2.75, 3.05) is 37.6 Å². The molecule has 2 aliphatic heterocycles. The molecule has 4 rings (SSSR count). The van der Waals surface area contributed by atoms with E-state index >= 15 is 0 Å². The zero-order valence-electron chi connectivity index (χ0n) is 17.3. The number of sulfonamides is 1. The number of piperazine rings is 1. The highest BCUT2D eigenvalue weighted by Gasteiger charge is 2.32. The standard InChI is InChI=1S/C22H24FN3O4S/c1-2-21(27)26-10-9-16-15-17(7-8-19(16)26)22(28)24-11-13-25(14-12-24)31(29,30)20-6-4-3-5-18(20)23/h3-8,15H,2,9-14H2,1H3. The average molecular weight is 446 g/mol. The van der Waals surface area contributed by atoms with Crippen LogP contribution in [-0.2, 0) is 21.2 Å². The van der Waals surface area contributed by atoms with Crippen molar-refractivity contribution in [2.24, 2.45) is 0 Å². The maximum absolute atomic E-state index is 14.0. The van der Waals surface area contributed by atoms with Crippen LogP contribution in [-0.4, -0.2) is 62.2 Å². The van der Waals surface area contributed by atoms with Gasteiger partial charge in [0.15, 0.2) is 0 Å². The Morgan fingerprint density at radius 3 is 2.39 bits per heavy atom. The Bertz CT molecular complexity index is 1130. The Morgan fingerprint density at radius 2 is 1.71 bits per heavy atom.